The van der Waals surface area contributed by atoms with Gasteiger partial charge in [0.1, 0.15) is 24.1 Å². The fraction of sp³-hybridized carbons (Fsp3) is 0.571. The summed E-state index contributed by atoms with van der Waals surface area (Å²) >= 11 is 0. The summed E-state index contributed by atoms with van der Waals surface area (Å²) in [4.78, 5) is 0. The molecule has 0 spiro atoms. The number of rotatable bonds is 5. The molecule has 1 aromatic carbocycles. The van der Waals surface area contributed by atoms with Crippen LogP contribution in [0.3, 0.4) is 0 Å². The van der Waals surface area contributed by atoms with Gasteiger partial charge >= 0.3 is 0 Å². The molecule has 5 N–H and O–H groups in total. The second kappa shape index (κ2) is 6.59. The Kier molecular flexibility index (Phi) is 5.02. The topological polar surface area (TPSA) is 111 Å². The smallest absolute Gasteiger partial charge is 0.190 e. The largest absolute Gasteiger partial charge is 0.494 e. The van der Waals surface area contributed by atoms with E-state index in [2.05, 4.69) is 5.32 Å². The zero-order valence-electron chi connectivity index (χ0n) is 11.8. The Morgan fingerprint density at radius 3 is 2.52 bits per heavy atom. The molecule has 1 heterocycles. The fourth-order valence-corrected chi connectivity index (χ4v) is 2.24. The molecule has 1 aliphatic heterocycles. The summed E-state index contributed by atoms with van der Waals surface area (Å²) in [5.41, 5.74) is -0.985. The van der Waals surface area contributed by atoms with E-state index in [1.807, 2.05) is 6.92 Å². The molecule has 1 aromatic rings. The molecule has 0 aliphatic carbocycles. The number of hydrogen-bond acceptors (Lipinski definition) is 7. The van der Waals surface area contributed by atoms with Crippen LogP contribution in [0.1, 0.15) is 6.92 Å². The maximum Gasteiger partial charge on any atom is 0.190 e. The average molecular weight is 299 g/mol. The Bertz CT molecular complexity index is 453. The minimum atomic E-state index is -1.56. The van der Waals surface area contributed by atoms with Crippen molar-refractivity contribution in [2.75, 3.05) is 25.1 Å². The predicted molar refractivity (Wildman–Crippen MR) is 75.0 cm³/mol. The van der Waals surface area contributed by atoms with E-state index in [1.165, 1.54) is 0 Å². The zero-order valence-corrected chi connectivity index (χ0v) is 11.8. The molecule has 2 rings (SSSR count). The van der Waals surface area contributed by atoms with Gasteiger partial charge in [0.05, 0.1) is 19.8 Å². The Morgan fingerprint density at radius 1 is 1.29 bits per heavy atom. The second-order valence-electron chi connectivity index (χ2n) is 4.94. The van der Waals surface area contributed by atoms with Crippen LogP contribution in [0.25, 0.3) is 0 Å². The lowest BCUT2D eigenvalue weighted by atomic mass is 9.94. The van der Waals surface area contributed by atoms with Gasteiger partial charge in [0.15, 0.2) is 5.72 Å². The van der Waals surface area contributed by atoms with E-state index >= 15 is 0 Å². The summed E-state index contributed by atoms with van der Waals surface area (Å²) in [7, 11) is 0. The van der Waals surface area contributed by atoms with Crippen LogP contribution in [0.2, 0.25) is 0 Å². The van der Waals surface area contributed by atoms with Crippen LogP contribution >= 0.6 is 0 Å². The first-order chi connectivity index (χ1) is 10.0. The monoisotopic (exact) mass is 299 g/mol. The van der Waals surface area contributed by atoms with Gasteiger partial charge in [0, 0.05) is 5.69 Å². The predicted octanol–water partition coefficient (Wildman–Crippen LogP) is -0.701. The van der Waals surface area contributed by atoms with Crippen molar-refractivity contribution < 1.29 is 29.9 Å². The van der Waals surface area contributed by atoms with Gasteiger partial charge in [-0.15, -0.1) is 0 Å². The lowest BCUT2D eigenvalue weighted by Gasteiger charge is -2.45. The van der Waals surface area contributed by atoms with Crippen LogP contribution in [-0.4, -0.2) is 64.3 Å². The number of nitrogens with one attached hydrogen (secondary N) is 1. The van der Waals surface area contributed by atoms with E-state index in [0.717, 1.165) is 0 Å². The lowest BCUT2D eigenvalue weighted by Crippen LogP contribution is -2.66. The molecule has 1 saturated heterocycles. The van der Waals surface area contributed by atoms with Crippen molar-refractivity contribution in [1.29, 1.82) is 0 Å². The van der Waals surface area contributed by atoms with Crippen molar-refractivity contribution in [3.8, 4) is 5.75 Å². The molecule has 1 aliphatic rings. The number of aliphatic hydroxyl groups is 4. The molecule has 118 valence electrons. The van der Waals surface area contributed by atoms with Gasteiger partial charge in [-0.05, 0) is 31.2 Å². The quantitative estimate of drug-likeness (QED) is 0.489. The zero-order chi connectivity index (χ0) is 15.5. The fourth-order valence-electron chi connectivity index (χ4n) is 2.24. The second-order valence-corrected chi connectivity index (χ2v) is 4.94. The van der Waals surface area contributed by atoms with Crippen molar-refractivity contribution >= 4 is 5.69 Å². The van der Waals surface area contributed by atoms with Crippen molar-refractivity contribution in [2.24, 2.45) is 0 Å². The van der Waals surface area contributed by atoms with Crippen molar-refractivity contribution in [1.82, 2.24) is 0 Å². The minimum Gasteiger partial charge on any atom is -0.494 e. The highest BCUT2D eigenvalue weighted by Crippen LogP contribution is 2.28. The SMILES string of the molecule is CCOc1ccc(N[C@@]2(CO)OC[C@@H](O)[C@@H](O)[C@H]2O)cc1. The maximum absolute atomic E-state index is 10.1. The van der Waals surface area contributed by atoms with E-state index in [-0.39, 0.29) is 6.61 Å². The van der Waals surface area contributed by atoms with Gasteiger partial charge in [-0.2, -0.15) is 0 Å². The normalized spacial score (nSPS) is 32.7. The molecule has 0 saturated carbocycles. The van der Waals surface area contributed by atoms with E-state index in [1.54, 1.807) is 24.3 Å². The summed E-state index contributed by atoms with van der Waals surface area (Å²) in [6.45, 7) is 1.68. The Balaban J connectivity index is 2.14. The first kappa shape index (κ1) is 16.0. The van der Waals surface area contributed by atoms with Crippen LogP contribution in [0.5, 0.6) is 5.75 Å². The highest BCUT2D eigenvalue weighted by atomic mass is 16.6. The van der Waals surface area contributed by atoms with E-state index in [4.69, 9.17) is 9.47 Å². The molecular formula is C14H21NO6. The molecule has 0 unspecified atom stereocenters. The van der Waals surface area contributed by atoms with Crippen molar-refractivity contribution in [3.05, 3.63) is 24.3 Å². The van der Waals surface area contributed by atoms with Gasteiger partial charge in [-0.3, -0.25) is 0 Å². The van der Waals surface area contributed by atoms with E-state index in [0.29, 0.717) is 18.0 Å². The molecular weight excluding hydrogens is 278 g/mol. The number of hydrogen-bond donors (Lipinski definition) is 5. The number of benzene rings is 1. The molecule has 1 fully saturated rings. The average Bonchev–Trinajstić information content (AvgIpc) is 2.50. The summed E-state index contributed by atoms with van der Waals surface area (Å²) in [5.74, 6) is 0.696. The lowest BCUT2D eigenvalue weighted by molar-refractivity contribution is -0.235. The number of anilines is 1. The van der Waals surface area contributed by atoms with Gasteiger partial charge in [0.2, 0.25) is 0 Å². The molecule has 0 aromatic heterocycles. The van der Waals surface area contributed by atoms with Crippen molar-refractivity contribution in [3.63, 3.8) is 0 Å². The van der Waals surface area contributed by atoms with E-state index < -0.39 is 30.6 Å². The van der Waals surface area contributed by atoms with Crippen LogP contribution in [0.15, 0.2) is 24.3 Å². The van der Waals surface area contributed by atoms with Crippen LogP contribution in [-0.2, 0) is 4.74 Å². The molecule has 0 amide bonds. The Hall–Kier alpha value is -1.38. The summed E-state index contributed by atoms with van der Waals surface area (Å²) in [6.07, 6.45) is -4.07. The number of aliphatic hydroxyl groups excluding tert-OH is 4. The van der Waals surface area contributed by atoms with Crippen LogP contribution in [0, 0.1) is 0 Å². The summed E-state index contributed by atoms with van der Waals surface area (Å²) < 4.78 is 10.7. The first-order valence-corrected chi connectivity index (χ1v) is 6.82. The maximum atomic E-state index is 10.1. The molecule has 0 bridgehead atoms. The first-order valence-electron chi connectivity index (χ1n) is 6.82. The van der Waals surface area contributed by atoms with Gasteiger partial charge in [-0.1, -0.05) is 0 Å². The molecule has 4 atom stereocenters. The minimum absolute atomic E-state index is 0.192. The molecule has 7 heteroatoms. The summed E-state index contributed by atoms with van der Waals surface area (Å²) in [6, 6.07) is 6.88. The number of ether oxygens (including phenoxy) is 2. The van der Waals surface area contributed by atoms with Gasteiger partial charge in [0.25, 0.3) is 0 Å². The third-order valence-corrected chi connectivity index (χ3v) is 3.46. The molecule has 7 nitrogen and oxygen atoms in total. The van der Waals surface area contributed by atoms with Gasteiger partial charge in [-0.25, -0.2) is 0 Å². The highest BCUT2D eigenvalue weighted by molar-refractivity contribution is 5.48. The third-order valence-electron chi connectivity index (χ3n) is 3.46. The highest BCUT2D eigenvalue weighted by Gasteiger charge is 2.49. The Labute approximate surface area is 122 Å². The third kappa shape index (κ3) is 3.28. The van der Waals surface area contributed by atoms with E-state index in [9.17, 15) is 20.4 Å². The van der Waals surface area contributed by atoms with Crippen LogP contribution in [0.4, 0.5) is 5.69 Å². The molecule has 0 radical (unpaired) electrons. The van der Waals surface area contributed by atoms with Gasteiger partial charge < -0.3 is 35.2 Å². The Morgan fingerprint density at radius 2 is 1.95 bits per heavy atom. The summed E-state index contributed by atoms with van der Waals surface area (Å²) in [5, 5.41) is 41.7. The molecule has 21 heavy (non-hydrogen) atoms. The van der Waals surface area contributed by atoms with Crippen LogP contribution < -0.4 is 10.1 Å². The standard InChI is InChI=1S/C14H21NO6/c1-2-20-10-5-3-9(4-6-10)15-14(8-16)13(19)12(18)11(17)7-21-14/h3-6,11-13,15-19H,2,7-8H2,1H3/t11-,12-,13-,14+/m1/s1. The van der Waals surface area contributed by atoms with Crippen molar-refractivity contribution in [2.45, 2.75) is 31.0 Å².